The number of carboxylic acids is 1. The second-order valence-electron chi connectivity index (χ2n) is 11.0. The third-order valence-electron chi connectivity index (χ3n) is 7.83. The SMILES string of the molecule is COc1ccc([C@H](Cc2c(Cl)c[n+](O)cc2Cl)c2cc(CNC(C(=O)OC3CN(C)C3)c3ccccc3)sc2C(=O)O)cc1OC. The number of nitrogens with one attached hydrogen (secondary N) is 1. The summed E-state index contributed by atoms with van der Waals surface area (Å²) in [5.41, 5.74) is 2.55. The fourth-order valence-electron chi connectivity index (χ4n) is 5.52. The molecule has 46 heavy (non-hydrogen) atoms. The minimum absolute atomic E-state index is 0.133. The van der Waals surface area contributed by atoms with Gasteiger partial charge in [-0.25, -0.2) is 9.59 Å². The zero-order chi connectivity index (χ0) is 33.0. The van der Waals surface area contributed by atoms with Crippen LogP contribution in [0, 0.1) is 0 Å². The Hall–Kier alpha value is -3.87. The van der Waals surface area contributed by atoms with Crippen LogP contribution in [0.5, 0.6) is 11.5 Å². The first kappa shape index (κ1) is 33.5. The summed E-state index contributed by atoms with van der Waals surface area (Å²) in [5, 5.41) is 24.0. The summed E-state index contributed by atoms with van der Waals surface area (Å²) in [5.74, 6) is -1.03. The van der Waals surface area contributed by atoms with E-state index < -0.39 is 23.9 Å². The number of hydrogen-bond acceptors (Lipinski definition) is 9. The number of benzene rings is 2. The van der Waals surface area contributed by atoms with Crippen LogP contribution in [0.15, 0.2) is 67.0 Å². The first-order chi connectivity index (χ1) is 22.1. The van der Waals surface area contributed by atoms with E-state index in [4.69, 9.17) is 37.4 Å². The van der Waals surface area contributed by atoms with Crippen molar-refractivity contribution in [2.24, 2.45) is 0 Å². The third-order valence-corrected chi connectivity index (χ3v) is 9.62. The molecule has 2 aromatic carbocycles. The lowest BCUT2D eigenvalue weighted by Gasteiger charge is -2.36. The van der Waals surface area contributed by atoms with Crippen molar-refractivity contribution in [1.29, 1.82) is 0 Å². The summed E-state index contributed by atoms with van der Waals surface area (Å²) in [6.07, 6.45) is 2.68. The highest BCUT2D eigenvalue weighted by Crippen LogP contribution is 2.41. The normalized spacial score (nSPS) is 14.7. The highest BCUT2D eigenvalue weighted by Gasteiger charge is 2.32. The van der Waals surface area contributed by atoms with Gasteiger partial charge in [0.1, 0.15) is 27.1 Å². The Morgan fingerprint density at radius 1 is 1.02 bits per heavy atom. The quantitative estimate of drug-likeness (QED) is 0.0970. The van der Waals surface area contributed by atoms with Crippen molar-refractivity contribution < 1.29 is 38.8 Å². The monoisotopic (exact) mass is 686 g/mol. The summed E-state index contributed by atoms with van der Waals surface area (Å²) in [7, 11) is 5.02. The van der Waals surface area contributed by atoms with Gasteiger partial charge in [0.05, 0.1) is 14.2 Å². The third kappa shape index (κ3) is 7.56. The van der Waals surface area contributed by atoms with E-state index in [0.717, 1.165) is 27.2 Å². The van der Waals surface area contributed by atoms with Gasteiger partial charge in [-0.2, -0.15) is 0 Å². The zero-order valence-corrected chi connectivity index (χ0v) is 27.7. The Bertz CT molecular complexity index is 1690. The molecule has 1 aliphatic heterocycles. The van der Waals surface area contributed by atoms with Gasteiger partial charge in [0.25, 0.3) is 0 Å². The van der Waals surface area contributed by atoms with E-state index in [-0.39, 0.29) is 34.0 Å². The molecule has 0 spiro atoms. The second kappa shape index (κ2) is 14.7. The molecular weight excluding hydrogens is 653 g/mol. The Morgan fingerprint density at radius 2 is 1.70 bits per heavy atom. The molecule has 1 aliphatic rings. The van der Waals surface area contributed by atoms with E-state index in [1.54, 1.807) is 12.1 Å². The summed E-state index contributed by atoms with van der Waals surface area (Å²) >= 11 is 14.2. The number of carbonyl (C=O) groups excluding carboxylic acids is 1. The van der Waals surface area contributed by atoms with E-state index in [2.05, 4.69) is 10.2 Å². The average molecular weight is 688 g/mol. The van der Waals surface area contributed by atoms with Crippen LogP contribution in [0.4, 0.5) is 0 Å². The lowest BCUT2D eigenvalue weighted by Crippen LogP contribution is -2.51. The largest absolute Gasteiger partial charge is 0.493 e. The first-order valence-electron chi connectivity index (χ1n) is 14.4. The Labute approximate surface area is 280 Å². The van der Waals surface area contributed by atoms with E-state index in [0.29, 0.717) is 40.6 Å². The number of thiophene rings is 1. The number of pyridine rings is 1. The molecule has 0 radical (unpaired) electrons. The standard InChI is InChI=1S/C33H33Cl2N3O7S/c1-37-15-21(16-37)45-33(41)30(19-7-5-4-6-8-19)36-14-22-12-24(31(46-22)32(39)40)23(13-25-26(34)17-38(42)18-27(25)35)20-9-10-28(43-2)29(11-20)44-3/h4-12,17-18,21,23,30,36H,13-16H2,1-3H3,(H-,39,40,42)/p+1/t23-,30?/m0/s1. The number of esters is 1. The lowest BCUT2D eigenvalue weighted by atomic mass is 9.85. The number of carboxylic acid groups (broad SMARTS) is 1. The summed E-state index contributed by atoms with van der Waals surface area (Å²) < 4.78 is 17.5. The lowest BCUT2D eigenvalue weighted by molar-refractivity contribution is -0.904. The van der Waals surface area contributed by atoms with Gasteiger partial charge >= 0.3 is 11.9 Å². The molecule has 4 aromatic rings. The van der Waals surface area contributed by atoms with E-state index in [1.807, 2.05) is 49.5 Å². The topological polar surface area (TPSA) is 121 Å². The number of aromatic nitrogens is 1. The summed E-state index contributed by atoms with van der Waals surface area (Å²) in [6.45, 7) is 1.56. The number of aromatic carboxylic acids is 1. The van der Waals surface area contributed by atoms with Gasteiger partial charge in [-0.1, -0.05) is 59.6 Å². The van der Waals surface area contributed by atoms with Gasteiger partial charge < -0.3 is 19.3 Å². The molecule has 1 unspecified atom stereocenters. The fourth-order valence-corrected chi connectivity index (χ4v) is 7.14. The maximum absolute atomic E-state index is 13.3. The fraction of sp³-hybridized carbons (Fsp3) is 0.303. The number of nitrogens with zero attached hydrogens (tertiary/aromatic N) is 2. The number of hydrogen-bond donors (Lipinski definition) is 3. The van der Waals surface area contributed by atoms with E-state index in [9.17, 15) is 19.9 Å². The Balaban J connectivity index is 1.51. The van der Waals surface area contributed by atoms with Crippen LogP contribution in [0.2, 0.25) is 10.0 Å². The van der Waals surface area contributed by atoms with Crippen LogP contribution >= 0.6 is 34.5 Å². The van der Waals surface area contributed by atoms with Crippen LogP contribution in [0.3, 0.4) is 0 Å². The van der Waals surface area contributed by atoms with Gasteiger partial charge in [-0.3, -0.25) is 15.4 Å². The van der Waals surface area contributed by atoms with Gasteiger partial charge in [0.2, 0.25) is 12.4 Å². The number of halogens is 2. The molecule has 13 heteroatoms. The van der Waals surface area contributed by atoms with Crippen molar-refractivity contribution >= 4 is 46.5 Å². The number of methoxy groups -OCH3 is 2. The van der Waals surface area contributed by atoms with Crippen LogP contribution < -0.4 is 19.5 Å². The van der Waals surface area contributed by atoms with Crippen molar-refractivity contribution in [3.05, 3.63) is 109 Å². The molecule has 3 heterocycles. The molecule has 3 N–H and O–H groups in total. The van der Waals surface area contributed by atoms with Crippen LogP contribution in [0.1, 0.15) is 48.8 Å². The van der Waals surface area contributed by atoms with Crippen LogP contribution in [-0.4, -0.2) is 67.6 Å². The van der Waals surface area contributed by atoms with Gasteiger partial charge in [0.15, 0.2) is 11.5 Å². The maximum atomic E-state index is 13.3. The van der Waals surface area contributed by atoms with E-state index in [1.165, 1.54) is 26.6 Å². The molecular formula is C33H34Cl2N3O7S+. The number of likely N-dealkylation sites (tertiary alicyclic amines) is 1. The molecule has 0 bridgehead atoms. The summed E-state index contributed by atoms with van der Waals surface area (Å²) in [6, 6.07) is 15.7. The van der Waals surface area contributed by atoms with Crippen molar-refractivity contribution in [2.45, 2.75) is 31.0 Å². The van der Waals surface area contributed by atoms with E-state index >= 15 is 0 Å². The zero-order valence-electron chi connectivity index (χ0n) is 25.4. The molecule has 2 atom stereocenters. The highest BCUT2D eigenvalue weighted by atomic mass is 35.5. The molecule has 0 aliphatic carbocycles. The molecule has 0 saturated carbocycles. The van der Waals surface area contributed by atoms with Crippen molar-refractivity contribution in [3.63, 3.8) is 0 Å². The highest BCUT2D eigenvalue weighted by molar-refractivity contribution is 7.14. The minimum atomic E-state index is -1.09. The van der Waals surface area contributed by atoms with Crippen LogP contribution in [0.25, 0.3) is 0 Å². The van der Waals surface area contributed by atoms with Crippen LogP contribution in [-0.2, 0) is 22.5 Å². The average Bonchev–Trinajstić information content (AvgIpc) is 3.44. The number of carbonyl (C=O) groups is 2. The van der Waals surface area contributed by atoms with Gasteiger partial charge in [0, 0.05) is 40.7 Å². The maximum Gasteiger partial charge on any atom is 0.346 e. The molecule has 2 aromatic heterocycles. The Kier molecular flexibility index (Phi) is 10.7. The molecule has 1 fully saturated rings. The van der Waals surface area contributed by atoms with Crippen molar-refractivity contribution in [2.75, 3.05) is 34.4 Å². The molecule has 1 saturated heterocycles. The predicted molar refractivity (Wildman–Crippen MR) is 174 cm³/mol. The van der Waals surface area contributed by atoms with Crippen molar-refractivity contribution in [1.82, 2.24) is 10.2 Å². The molecule has 0 amide bonds. The van der Waals surface area contributed by atoms with Crippen molar-refractivity contribution in [3.8, 4) is 11.5 Å². The number of likely N-dealkylation sites (N-methyl/N-ethyl adjacent to an activating group) is 1. The van der Waals surface area contributed by atoms with Gasteiger partial charge in [-0.05, 0) is 48.4 Å². The first-order valence-corrected chi connectivity index (χ1v) is 16.0. The second-order valence-corrected chi connectivity index (χ2v) is 12.9. The number of ether oxygens (including phenoxy) is 3. The minimum Gasteiger partial charge on any atom is -0.493 e. The Morgan fingerprint density at radius 3 is 2.30 bits per heavy atom. The molecule has 242 valence electrons. The molecule has 5 rings (SSSR count). The predicted octanol–water partition coefficient (Wildman–Crippen LogP) is 5.36. The smallest absolute Gasteiger partial charge is 0.346 e. The number of rotatable bonds is 13. The molecule has 10 nitrogen and oxygen atoms in total. The summed E-state index contributed by atoms with van der Waals surface area (Å²) in [4.78, 5) is 28.9. The van der Waals surface area contributed by atoms with Gasteiger partial charge in [-0.15, -0.1) is 11.3 Å².